The van der Waals surface area contributed by atoms with Gasteiger partial charge < -0.3 is 10.2 Å². The number of nitrogens with one attached hydrogen (secondary N) is 1. The highest BCUT2D eigenvalue weighted by Crippen LogP contribution is 2.29. The molecule has 1 atom stereocenters. The van der Waals surface area contributed by atoms with E-state index in [1.807, 2.05) is 68.4 Å². The molecule has 0 radical (unpaired) electrons. The topological polar surface area (TPSA) is 86.8 Å². The van der Waals surface area contributed by atoms with Crippen LogP contribution in [-0.4, -0.2) is 50.5 Å². The summed E-state index contributed by atoms with van der Waals surface area (Å²) in [6, 6.07) is 20.6. The summed E-state index contributed by atoms with van der Waals surface area (Å²) in [6.07, 6.45) is 2.01. The predicted octanol–water partition coefficient (Wildman–Crippen LogP) is 5.23. The smallest absolute Gasteiger partial charge is 0.244 e. The van der Waals surface area contributed by atoms with Crippen LogP contribution in [0.1, 0.15) is 30.0 Å². The van der Waals surface area contributed by atoms with Crippen molar-refractivity contribution in [1.82, 2.24) is 10.2 Å². The van der Waals surface area contributed by atoms with Gasteiger partial charge in [-0.25, -0.2) is 8.42 Å². The highest BCUT2D eigenvalue weighted by atomic mass is 35.5. The normalized spacial score (nSPS) is 12.0. The highest BCUT2D eigenvalue weighted by Gasteiger charge is 2.33. The molecule has 0 aliphatic heterocycles. The number of carbonyl (C=O) groups excluding carboxylic acids is 2. The van der Waals surface area contributed by atoms with Crippen LogP contribution in [-0.2, 0) is 32.6 Å². The summed E-state index contributed by atoms with van der Waals surface area (Å²) in [5.74, 6) is -0.831. The predicted molar refractivity (Wildman–Crippen MR) is 158 cm³/mol. The van der Waals surface area contributed by atoms with Crippen LogP contribution < -0.4 is 9.62 Å². The van der Waals surface area contributed by atoms with Gasteiger partial charge in [-0.15, -0.1) is 0 Å². The monoisotopic (exact) mass is 589 g/mol. The molecule has 0 fully saturated rings. The summed E-state index contributed by atoms with van der Waals surface area (Å²) in [4.78, 5) is 28.9. The largest absolute Gasteiger partial charge is 0.354 e. The van der Waals surface area contributed by atoms with Crippen LogP contribution in [0.15, 0.2) is 72.8 Å². The van der Waals surface area contributed by atoms with E-state index in [0.29, 0.717) is 6.54 Å². The average molecular weight is 591 g/mol. The number of hydrogen-bond acceptors (Lipinski definition) is 4. The molecule has 39 heavy (non-hydrogen) atoms. The molecule has 0 saturated carbocycles. The number of carbonyl (C=O) groups is 2. The quantitative estimate of drug-likeness (QED) is 0.313. The van der Waals surface area contributed by atoms with Crippen molar-refractivity contribution in [3.05, 3.63) is 99.5 Å². The Balaban J connectivity index is 2.05. The second-order valence-corrected chi connectivity index (χ2v) is 12.1. The highest BCUT2D eigenvalue weighted by molar-refractivity contribution is 7.92. The molecule has 0 bridgehead atoms. The second kappa shape index (κ2) is 13.8. The fraction of sp³-hybridized carbons (Fsp3) is 0.310. The van der Waals surface area contributed by atoms with Crippen molar-refractivity contribution >= 4 is 50.7 Å². The van der Waals surface area contributed by atoms with Crippen LogP contribution in [0.4, 0.5) is 5.69 Å². The average Bonchev–Trinajstić information content (AvgIpc) is 2.89. The molecule has 1 N–H and O–H groups in total. The first-order valence-electron chi connectivity index (χ1n) is 12.6. The van der Waals surface area contributed by atoms with E-state index in [2.05, 4.69) is 5.32 Å². The Kier molecular flexibility index (Phi) is 10.8. The molecule has 0 aromatic heterocycles. The molecular formula is C29H33Cl2N3O4S. The number of anilines is 1. The van der Waals surface area contributed by atoms with Crippen molar-refractivity contribution in [2.45, 2.75) is 39.3 Å². The molecule has 0 unspecified atom stereocenters. The Hall–Kier alpha value is -3.07. The Morgan fingerprint density at radius 2 is 1.62 bits per heavy atom. The Labute approximate surface area is 240 Å². The van der Waals surface area contributed by atoms with E-state index in [1.54, 1.807) is 0 Å². The lowest BCUT2D eigenvalue weighted by Gasteiger charge is -2.33. The minimum absolute atomic E-state index is 0.122. The van der Waals surface area contributed by atoms with Gasteiger partial charge in [0.1, 0.15) is 12.6 Å². The third kappa shape index (κ3) is 8.71. The number of benzene rings is 3. The van der Waals surface area contributed by atoms with Gasteiger partial charge in [-0.3, -0.25) is 13.9 Å². The second-order valence-electron chi connectivity index (χ2n) is 9.38. The van der Waals surface area contributed by atoms with Crippen molar-refractivity contribution in [3.8, 4) is 0 Å². The standard InChI is InChI=1S/C29H33Cl2N3O4S/c1-4-15-32-29(36)27(17-22-10-6-5-7-11-22)33(19-23-12-8-9-21(2)16-23)28(35)20-34(39(3,37)38)24-13-14-25(30)26(31)18-24/h5-14,16,18,27H,4,15,17,19-20H2,1-3H3,(H,32,36)/t27-/m0/s1. The molecule has 0 saturated heterocycles. The minimum atomic E-state index is -3.89. The first-order chi connectivity index (χ1) is 18.5. The van der Waals surface area contributed by atoms with E-state index in [9.17, 15) is 18.0 Å². The third-order valence-corrected chi connectivity index (χ3v) is 8.01. The van der Waals surface area contributed by atoms with Crippen LogP contribution in [0.25, 0.3) is 0 Å². The number of sulfonamides is 1. The van der Waals surface area contributed by atoms with Crippen molar-refractivity contribution in [2.24, 2.45) is 0 Å². The lowest BCUT2D eigenvalue weighted by molar-refractivity contribution is -0.140. The lowest BCUT2D eigenvalue weighted by Crippen LogP contribution is -2.53. The van der Waals surface area contributed by atoms with Crippen LogP contribution >= 0.6 is 23.2 Å². The molecule has 0 heterocycles. The van der Waals surface area contributed by atoms with Crippen molar-refractivity contribution in [2.75, 3.05) is 23.7 Å². The molecule has 3 rings (SSSR count). The van der Waals surface area contributed by atoms with E-state index in [1.165, 1.54) is 23.1 Å². The SMILES string of the molecule is CCCNC(=O)[C@H](Cc1ccccc1)N(Cc1cccc(C)c1)C(=O)CN(c1ccc(Cl)c(Cl)c1)S(C)(=O)=O. The summed E-state index contributed by atoms with van der Waals surface area (Å²) in [7, 11) is -3.89. The number of halogens is 2. The van der Waals surface area contributed by atoms with E-state index in [0.717, 1.165) is 33.7 Å². The van der Waals surface area contributed by atoms with Gasteiger partial charge in [0.2, 0.25) is 21.8 Å². The fourth-order valence-electron chi connectivity index (χ4n) is 4.18. The molecule has 3 aromatic rings. The zero-order chi connectivity index (χ0) is 28.6. The van der Waals surface area contributed by atoms with Gasteiger partial charge in [-0.1, -0.05) is 90.3 Å². The van der Waals surface area contributed by atoms with Gasteiger partial charge in [0.05, 0.1) is 22.0 Å². The lowest BCUT2D eigenvalue weighted by atomic mass is 10.0. The molecular weight excluding hydrogens is 557 g/mol. The van der Waals surface area contributed by atoms with Gasteiger partial charge in [-0.2, -0.15) is 0 Å². The minimum Gasteiger partial charge on any atom is -0.354 e. The zero-order valence-electron chi connectivity index (χ0n) is 22.2. The van der Waals surface area contributed by atoms with E-state index in [4.69, 9.17) is 23.2 Å². The maximum absolute atomic E-state index is 14.0. The Morgan fingerprint density at radius 3 is 2.23 bits per heavy atom. The van der Waals surface area contributed by atoms with E-state index < -0.39 is 28.5 Å². The maximum Gasteiger partial charge on any atom is 0.244 e. The van der Waals surface area contributed by atoms with Crippen molar-refractivity contribution < 1.29 is 18.0 Å². The molecule has 0 spiro atoms. The van der Waals surface area contributed by atoms with Crippen LogP contribution in [0.2, 0.25) is 10.0 Å². The summed E-state index contributed by atoms with van der Waals surface area (Å²) in [6.45, 7) is 3.95. The van der Waals surface area contributed by atoms with Crippen molar-refractivity contribution in [1.29, 1.82) is 0 Å². The molecule has 2 amide bonds. The summed E-state index contributed by atoms with van der Waals surface area (Å²) < 4.78 is 26.6. The Bertz CT molecular complexity index is 1400. The van der Waals surface area contributed by atoms with Gasteiger partial charge >= 0.3 is 0 Å². The van der Waals surface area contributed by atoms with Gasteiger partial charge in [0, 0.05) is 19.5 Å². The number of aryl methyl sites for hydroxylation is 1. The molecule has 3 aromatic carbocycles. The fourth-order valence-corrected chi connectivity index (χ4v) is 5.31. The number of nitrogens with zero attached hydrogens (tertiary/aromatic N) is 2. The molecule has 0 aliphatic carbocycles. The summed E-state index contributed by atoms with van der Waals surface area (Å²) >= 11 is 12.2. The van der Waals surface area contributed by atoms with E-state index in [-0.39, 0.29) is 34.6 Å². The van der Waals surface area contributed by atoms with Gasteiger partial charge in [0.15, 0.2) is 0 Å². The molecule has 0 aliphatic rings. The first kappa shape index (κ1) is 30.5. The molecule has 7 nitrogen and oxygen atoms in total. The van der Waals surface area contributed by atoms with Crippen LogP contribution in [0, 0.1) is 6.92 Å². The summed E-state index contributed by atoms with van der Waals surface area (Å²) in [5, 5.41) is 3.34. The maximum atomic E-state index is 14.0. The third-order valence-electron chi connectivity index (χ3n) is 6.13. The number of rotatable bonds is 12. The van der Waals surface area contributed by atoms with Gasteiger partial charge in [0.25, 0.3) is 0 Å². The Morgan fingerprint density at radius 1 is 0.923 bits per heavy atom. The van der Waals surface area contributed by atoms with E-state index >= 15 is 0 Å². The number of amides is 2. The van der Waals surface area contributed by atoms with Crippen LogP contribution in [0.3, 0.4) is 0 Å². The van der Waals surface area contributed by atoms with Crippen molar-refractivity contribution in [3.63, 3.8) is 0 Å². The molecule has 10 heteroatoms. The molecule has 208 valence electrons. The van der Waals surface area contributed by atoms with Gasteiger partial charge in [-0.05, 0) is 42.7 Å². The zero-order valence-corrected chi connectivity index (χ0v) is 24.6. The number of hydrogen-bond donors (Lipinski definition) is 1. The van der Waals surface area contributed by atoms with Crippen LogP contribution in [0.5, 0.6) is 0 Å². The summed E-state index contributed by atoms with van der Waals surface area (Å²) in [5.41, 5.74) is 2.90. The first-order valence-corrected chi connectivity index (χ1v) is 15.2.